The lowest BCUT2D eigenvalue weighted by Crippen LogP contribution is -2.39. The second-order valence-electron chi connectivity index (χ2n) is 4.52. The first kappa shape index (κ1) is 12.3. The predicted octanol–water partition coefficient (Wildman–Crippen LogP) is 1.23. The Kier molecular flexibility index (Phi) is 4.34. The van der Waals surface area contributed by atoms with E-state index in [0.717, 1.165) is 43.9 Å². The lowest BCUT2D eigenvalue weighted by Gasteiger charge is -2.31. The van der Waals surface area contributed by atoms with Gasteiger partial charge in [-0.25, -0.2) is 0 Å². The SMILES string of the molecule is Cc1ccc(OC2CCN(CCO)CC2)cn1. The predicted molar refractivity (Wildman–Crippen MR) is 66.1 cm³/mol. The molecule has 0 spiro atoms. The number of aliphatic hydroxyl groups is 1. The van der Waals surface area contributed by atoms with Crippen LogP contribution in [0.15, 0.2) is 18.3 Å². The highest BCUT2D eigenvalue weighted by molar-refractivity contribution is 5.19. The quantitative estimate of drug-likeness (QED) is 0.854. The molecule has 17 heavy (non-hydrogen) atoms. The monoisotopic (exact) mass is 236 g/mol. The highest BCUT2D eigenvalue weighted by Crippen LogP contribution is 2.18. The molecule has 1 aliphatic rings. The Morgan fingerprint density at radius 3 is 2.76 bits per heavy atom. The first-order valence-corrected chi connectivity index (χ1v) is 6.20. The fourth-order valence-electron chi connectivity index (χ4n) is 2.11. The highest BCUT2D eigenvalue weighted by Gasteiger charge is 2.19. The van der Waals surface area contributed by atoms with Crippen molar-refractivity contribution in [3.63, 3.8) is 0 Å². The van der Waals surface area contributed by atoms with Crippen LogP contribution in [-0.2, 0) is 0 Å². The summed E-state index contributed by atoms with van der Waals surface area (Å²) in [5, 5.41) is 8.86. The Balaban J connectivity index is 1.79. The molecule has 2 heterocycles. The minimum Gasteiger partial charge on any atom is -0.489 e. The minimum atomic E-state index is 0.243. The fourth-order valence-corrected chi connectivity index (χ4v) is 2.11. The van der Waals surface area contributed by atoms with Crippen molar-refractivity contribution in [1.29, 1.82) is 0 Å². The van der Waals surface area contributed by atoms with E-state index in [-0.39, 0.29) is 12.7 Å². The van der Waals surface area contributed by atoms with Crippen molar-refractivity contribution in [2.45, 2.75) is 25.9 Å². The zero-order chi connectivity index (χ0) is 12.1. The molecule has 0 amide bonds. The first-order chi connectivity index (χ1) is 8.28. The van der Waals surface area contributed by atoms with Gasteiger partial charge in [-0.15, -0.1) is 0 Å². The molecule has 2 rings (SSSR count). The Morgan fingerprint density at radius 1 is 1.41 bits per heavy atom. The van der Waals surface area contributed by atoms with Gasteiger partial charge in [0.25, 0.3) is 0 Å². The van der Waals surface area contributed by atoms with E-state index in [2.05, 4.69) is 9.88 Å². The maximum atomic E-state index is 8.86. The summed E-state index contributed by atoms with van der Waals surface area (Å²) in [4.78, 5) is 6.49. The number of nitrogens with zero attached hydrogens (tertiary/aromatic N) is 2. The molecule has 0 aromatic carbocycles. The van der Waals surface area contributed by atoms with Crippen LogP contribution in [0.4, 0.5) is 0 Å². The van der Waals surface area contributed by atoms with Gasteiger partial charge in [-0.2, -0.15) is 0 Å². The molecular weight excluding hydrogens is 216 g/mol. The molecule has 0 radical (unpaired) electrons. The van der Waals surface area contributed by atoms with Gasteiger partial charge in [0.15, 0.2) is 0 Å². The normalized spacial score (nSPS) is 18.2. The standard InChI is InChI=1S/C13H20N2O2/c1-11-2-3-13(10-14-11)17-12-4-6-15(7-5-12)8-9-16/h2-3,10,12,16H,4-9H2,1H3. The van der Waals surface area contributed by atoms with Crippen LogP contribution in [0.25, 0.3) is 0 Å². The molecule has 1 saturated heterocycles. The van der Waals surface area contributed by atoms with Crippen molar-refractivity contribution in [2.75, 3.05) is 26.2 Å². The van der Waals surface area contributed by atoms with Gasteiger partial charge in [-0.1, -0.05) is 0 Å². The van der Waals surface area contributed by atoms with Crippen molar-refractivity contribution in [2.24, 2.45) is 0 Å². The number of hydrogen-bond acceptors (Lipinski definition) is 4. The minimum absolute atomic E-state index is 0.243. The third-order valence-corrected chi connectivity index (χ3v) is 3.14. The number of rotatable bonds is 4. The summed E-state index contributed by atoms with van der Waals surface area (Å²) in [5.41, 5.74) is 1.01. The highest BCUT2D eigenvalue weighted by atomic mass is 16.5. The zero-order valence-corrected chi connectivity index (χ0v) is 10.3. The Bertz CT molecular complexity index is 332. The molecule has 1 fully saturated rings. The molecule has 4 heteroatoms. The summed E-state index contributed by atoms with van der Waals surface area (Å²) in [6.45, 7) is 5.00. The van der Waals surface area contributed by atoms with Crippen LogP contribution in [0.2, 0.25) is 0 Å². The van der Waals surface area contributed by atoms with Gasteiger partial charge >= 0.3 is 0 Å². The lowest BCUT2D eigenvalue weighted by molar-refractivity contribution is 0.0886. The smallest absolute Gasteiger partial charge is 0.138 e. The number of pyridine rings is 1. The van der Waals surface area contributed by atoms with E-state index in [9.17, 15) is 0 Å². The number of aryl methyl sites for hydroxylation is 1. The maximum absolute atomic E-state index is 8.86. The number of ether oxygens (including phenoxy) is 1. The lowest BCUT2D eigenvalue weighted by atomic mass is 10.1. The van der Waals surface area contributed by atoms with Crippen LogP contribution < -0.4 is 4.74 Å². The maximum Gasteiger partial charge on any atom is 0.138 e. The molecule has 1 aliphatic heterocycles. The van der Waals surface area contributed by atoms with Crippen LogP contribution in [0.1, 0.15) is 18.5 Å². The van der Waals surface area contributed by atoms with Gasteiger partial charge in [0, 0.05) is 25.3 Å². The number of β-amino-alcohol motifs (C(OH)–C–C–N with tert-alkyl or cyclic N) is 1. The molecule has 4 nitrogen and oxygen atoms in total. The van der Waals surface area contributed by atoms with Crippen LogP contribution >= 0.6 is 0 Å². The number of likely N-dealkylation sites (tertiary alicyclic amines) is 1. The fraction of sp³-hybridized carbons (Fsp3) is 0.615. The van der Waals surface area contributed by atoms with Crippen molar-refractivity contribution in [1.82, 2.24) is 9.88 Å². The van der Waals surface area contributed by atoms with Gasteiger partial charge in [0.05, 0.1) is 12.8 Å². The summed E-state index contributed by atoms with van der Waals surface area (Å²) in [6.07, 6.45) is 4.12. The summed E-state index contributed by atoms with van der Waals surface area (Å²) in [6, 6.07) is 3.94. The van der Waals surface area contributed by atoms with E-state index in [1.54, 1.807) is 6.20 Å². The van der Waals surface area contributed by atoms with Gasteiger partial charge in [-0.3, -0.25) is 4.98 Å². The van der Waals surface area contributed by atoms with Crippen molar-refractivity contribution in [3.05, 3.63) is 24.0 Å². The number of piperidine rings is 1. The van der Waals surface area contributed by atoms with Crippen LogP contribution in [0, 0.1) is 6.92 Å². The van der Waals surface area contributed by atoms with Gasteiger partial charge in [-0.05, 0) is 31.9 Å². The van der Waals surface area contributed by atoms with Crippen molar-refractivity contribution >= 4 is 0 Å². The second-order valence-corrected chi connectivity index (χ2v) is 4.52. The molecule has 94 valence electrons. The number of aliphatic hydroxyl groups excluding tert-OH is 1. The Labute approximate surface area is 102 Å². The third-order valence-electron chi connectivity index (χ3n) is 3.14. The molecule has 0 unspecified atom stereocenters. The van der Waals surface area contributed by atoms with Crippen molar-refractivity contribution in [3.8, 4) is 5.75 Å². The molecule has 1 aromatic heterocycles. The summed E-state index contributed by atoms with van der Waals surface area (Å²) >= 11 is 0. The first-order valence-electron chi connectivity index (χ1n) is 6.20. The number of hydrogen-bond donors (Lipinski definition) is 1. The third kappa shape index (κ3) is 3.68. The van der Waals surface area contributed by atoms with Crippen LogP contribution in [0.5, 0.6) is 5.75 Å². The molecule has 1 N–H and O–H groups in total. The van der Waals surface area contributed by atoms with E-state index >= 15 is 0 Å². The number of aromatic nitrogens is 1. The molecule has 0 saturated carbocycles. The molecular formula is C13H20N2O2. The van der Waals surface area contributed by atoms with Gasteiger partial charge in [0.2, 0.25) is 0 Å². The molecule has 0 atom stereocenters. The zero-order valence-electron chi connectivity index (χ0n) is 10.3. The van der Waals surface area contributed by atoms with E-state index < -0.39 is 0 Å². The van der Waals surface area contributed by atoms with Gasteiger partial charge < -0.3 is 14.7 Å². The molecule has 0 bridgehead atoms. The Hall–Kier alpha value is -1.13. The molecule has 0 aliphatic carbocycles. The van der Waals surface area contributed by atoms with Gasteiger partial charge in [0.1, 0.15) is 11.9 Å². The van der Waals surface area contributed by atoms with E-state index in [4.69, 9.17) is 9.84 Å². The van der Waals surface area contributed by atoms with E-state index in [1.165, 1.54) is 0 Å². The Morgan fingerprint density at radius 2 is 2.18 bits per heavy atom. The van der Waals surface area contributed by atoms with Crippen LogP contribution in [-0.4, -0.2) is 47.3 Å². The van der Waals surface area contributed by atoms with Crippen molar-refractivity contribution < 1.29 is 9.84 Å². The van der Waals surface area contributed by atoms with E-state index in [0.29, 0.717) is 0 Å². The summed E-state index contributed by atoms with van der Waals surface area (Å²) in [7, 11) is 0. The van der Waals surface area contributed by atoms with E-state index in [1.807, 2.05) is 19.1 Å². The summed E-state index contributed by atoms with van der Waals surface area (Å²) in [5.74, 6) is 0.858. The largest absolute Gasteiger partial charge is 0.489 e. The van der Waals surface area contributed by atoms with Crippen LogP contribution in [0.3, 0.4) is 0 Å². The average Bonchev–Trinajstić information content (AvgIpc) is 2.35. The summed E-state index contributed by atoms with van der Waals surface area (Å²) < 4.78 is 5.89. The molecule has 1 aromatic rings. The second kappa shape index (κ2) is 5.98. The average molecular weight is 236 g/mol. The topological polar surface area (TPSA) is 45.6 Å².